The Labute approximate surface area is 81.7 Å². The Morgan fingerprint density at radius 3 is 2.69 bits per heavy atom. The summed E-state index contributed by atoms with van der Waals surface area (Å²) in [6.07, 6.45) is 1.46. The molecule has 1 heterocycles. The van der Waals surface area contributed by atoms with Crippen molar-refractivity contribution < 1.29 is 0 Å². The van der Waals surface area contributed by atoms with Crippen LogP contribution in [0.4, 0.5) is 0 Å². The number of piperazine rings is 1. The summed E-state index contributed by atoms with van der Waals surface area (Å²) in [5.74, 6) is 2.01. The number of nitrogens with zero attached hydrogens (tertiary/aromatic N) is 1. The molecule has 0 radical (unpaired) electrons. The van der Waals surface area contributed by atoms with Gasteiger partial charge >= 0.3 is 0 Å². The van der Waals surface area contributed by atoms with E-state index in [-0.39, 0.29) is 0 Å². The van der Waals surface area contributed by atoms with Crippen LogP contribution in [0.25, 0.3) is 0 Å². The van der Waals surface area contributed by atoms with Gasteiger partial charge in [-0.05, 0) is 32.1 Å². The van der Waals surface area contributed by atoms with Crippen molar-refractivity contribution in [2.75, 3.05) is 26.2 Å². The average molecular weight is 182 g/mol. The first-order valence-corrected chi connectivity index (χ1v) is 5.54. The van der Waals surface area contributed by atoms with Crippen molar-refractivity contribution in [1.82, 2.24) is 10.2 Å². The molecule has 2 fully saturated rings. The summed E-state index contributed by atoms with van der Waals surface area (Å²) in [5.41, 5.74) is 0.330. The van der Waals surface area contributed by atoms with Crippen molar-refractivity contribution in [2.24, 2.45) is 11.8 Å². The zero-order chi connectivity index (χ0) is 9.47. The van der Waals surface area contributed by atoms with Crippen LogP contribution >= 0.6 is 0 Å². The van der Waals surface area contributed by atoms with Crippen LogP contribution in [-0.2, 0) is 0 Å². The second kappa shape index (κ2) is 3.25. The molecule has 1 N–H and O–H groups in total. The zero-order valence-electron chi connectivity index (χ0n) is 9.14. The lowest BCUT2D eigenvalue weighted by atomic mass is 10.0. The Kier molecular flexibility index (Phi) is 2.37. The van der Waals surface area contributed by atoms with E-state index in [1.807, 2.05) is 0 Å². The van der Waals surface area contributed by atoms with Crippen molar-refractivity contribution in [1.29, 1.82) is 0 Å². The fourth-order valence-electron chi connectivity index (χ4n) is 2.39. The highest BCUT2D eigenvalue weighted by Crippen LogP contribution is 2.38. The van der Waals surface area contributed by atoms with Crippen LogP contribution < -0.4 is 5.32 Å². The molecule has 1 saturated carbocycles. The molecule has 13 heavy (non-hydrogen) atoms. The molecule has 1 saturated heterocycles. The normalized spacial score (nSPS) is 39.0. The molecule has 0 aromatic heterocycles. The summed E-state index contributed by atoms with van der Waals surface area (Å²) in [6, 6.07) is 0. The molecule has 0 spiro atoms. The predicted molar refractivity (Wildman–Crippen MR) is 55.8 cm³/mol. The van der Waals surface area contributed by atoms with Gasteiger partial charge in [-0.25, -0.2) is 0 Å². The summed E-state index contributed by atoms with van der Waals surface area (Å²) in [4.78, 5) is 2.63. The summed E-state index contributed by atoms with van der Waals surface area (Å²) < 4.78 is 0. The van der Waals surface area contributed by atoms with Gasteiger partial charge < -0.3 is 5.32 Å². The quantitative estimate of drug-likeness (QED) is 0.693. The van der Waals surface area contributed by atoms with Crippen LogP contribution in [0.2, 0.25) is 0 Å². The van der Waals surface area contributed by atoms with Crippen LogP contribution in [0.1, 0.15) is 27.2 Å². The van der Waals surface area contributed by atoms with Crippen LogP contribution in [0.15, 0.2) is 0 Å². The van der Waals surface area contributed by atoms with Crippen molar-refractivity contribution in [3.8, 4) is 0 Å². The SMILES string of the molecule is CC1CC1CN1CCNC(C)(C)C1. The summed E-state index contributed by atoms with van der Waals surface area (Å²) in [5, 5.41) is 3.55. The molecule has 2 heteroatoms. The van der Waals surface area contributed by atoms with E-state index in [4.69, 9.17) is 0 Å². The summed E-state index contributed by atoms with van der Waals surface area (Å²) >= 11 is 0. The smallest absolute Gasteiger partial charge is 0.0252 e. The molecular formula is C11H22N2. The first-order valence-electron chi connectivity index (χ1n) is 5.54. The van der Waals surface area contributed by atoms with E-state index in [1.165, 1.54) is 26.1 Å². The van der Waals surface area contributed by atoms with Gasteiger partial charge in [-0.2, -0.15) is 0 Å². The van der Waals surface area contributed by atoms with Crippen molar-refractivity contribution in [2.45, 2.75) is 32.7 Å². The van der Waals surface area contributed by atoms with E-state index >= 15 is 0 Å². The molecule has 2 nitrogen and oxygen atoms in total. The lowest BCUT2D eigenvalue weighted by Gasteiger charge is -2.39. The first kappa shape index (κ1) is 9.47. The molecular weight excluding hydrogens is 160 g/mol. The predicted octanol–water partition coefficient (Wildman–Crippen LogP) is 1.33. The van der Waals surface area contributed by atoms with Crippen LogP contribution in [-0.4, -0.2) is 36.6 Å². The molecule has 2 rings (SSSR count). The first-order chi connectivity index (χ1) is 6.07. The van der Waals surface area contributed by atoms with Gasteiger partial charge in [0.15, 0.2) is 0 Å². The monoisotopic (exact) mass is 182 g/mol. The third kappa shape index (κ3) is 2.44. The second-order valence-corrected chi connectivity index (χ2v) is 5.52. The van der Waals surface area contributed by atoms with Gasteiger partial charge in [0.1, 0.15) is 0 Å². The molecule has 1 aliphatic carbocycles. The maximum atomic E-state index is 3.55. The number of hydrogen-bond acceptors (Lipinski definition) is 2. The van der Waals surface area contributed by atoms with Gasteiger partial charge in [0.05, 0.1) is 0 Å². The number of rotatable bonds is 2. The van der Waals surface area contributed by atoms with Gasteiger partial charge in [0, 0.05) is 31.7 Å². The molecule has 0 aromatic carbocycles. The molecule has 2 atom stereocenters. The minimum atomic E-state index is 0.330. The molecule has 0 aromatic rings. The minimum Gasteiger partial charge on any atom is -0.309 e. The van der Waals surface area contributed by atoms with Crippen molar-refractivity contribution in [3.63, 3.8) is 0 Å². The lowest BCUT2D eigenvalue weighted by Crippen LogP contribution is -2.57. The second-order valence-electron chi connectivity index (χ2n) is 5.52. The Balaban J connectivity index is 1.79. The molecule has 76 valence electrons. The highest BCUT2D eigenvalue weighted by molar-refractivity contribution is 4.91. The Bertz CT molecular complexity index is 189. The Morgan fingerprint density at radius 2 is 2.15 bits per heavy atom. The molecule has 0 bridgehead atoms. The molecule has 2 aliphatic rings. The fraction of sp³-hybridized carbons (Fsp3) is 1.00. The highest BCUT2D eigenvalue weighted by Gasteiger charge is 2.36. The van der Waals surface area contributed by atoms with E-state index in [0.29, 0.717) is 5.54 Å². The van der Waals surface area contributed by atoms with Gasteiger partial charge in [-0.15, -0.1) is 0 Å². The van der Waals surface area contributed by atoms with Crippen LogP contribution in [0, 0.1) is 11.8 Å². The fourth-order valence-corrected chi connectivity index (χ4v) is 2.39. The minimum absolute atomic E-state index is 0.330. The molecule has 0 amide bonds. The van der Waals surface area contributed by atoms with Gasteiger partial charge in [0.2, 0.25) is 0 Å². The average Bonchev–Trinajstić information content (AvgIpc) is 2.64. The third-order valence-corrected chi connectivity index (χ3v) is 3.42. The topological polar surface area (TPSA) is 15.3 Å². The van der Waals surface area contributed by atoms with Gasteiger partial charge in [-0.3, -0.25) is 4.90 Å². The number of nitrogens with one attached hydrogen (secondary N) is 1. The zero-order valence-corrected chi connectivity index (χ0v) is 9.14. The third-order valence-electron chi connectivity index (χ3n) is 3.42. The van der Waals surface area contributed by atoms with Crippen LogP contribution in [0.5, 0.6) is 0 Å². The van der Waals surface area contributed by atoms with Crippen molar-refractivity contribution >= 4 is 0 Å². The van der Waals surface area contributed by atoms with E-state index in [1.54, 1.807) is 0 Å². The standard InChI is InChI=1S/C11H22N2/c1-9-6-10(9)7-13-5-4-12-11(2,3)8-13/h9-10,12H,4-8H2,1-3H3. The summed E-state index contributed by atoms with van der Waals surface area (Å²) in [6.45, 7) is 11.9. The van der Waals surface area contributed by atoms with E-state index in [0.717, 1.165) is 18.4 Å². The maximum Gasteiger partial charge on any atom is 0.0252 e. The molecule has 2 unspecified atom stereocenters. The van der Waals surface area contributed by atoms with E-state index < -0.39 is 0 Å². The molecule has 1 aliphatic heterocycles. The summed E-state index contributed by atoms with van der Waals surface area (Å²) in [7, 11) is 0. The van der Waals surface area contributed by atoms with Crippen molar-refractivity contribution in [3.05, 3.63) is 0 Å². The maximum absolute atomic E-state index is 3.55. The highest BCUT2D eigenvalue weighted by atomic mass is 15.2. The van der Waals surface area contributed by atoms with Gasteiger partial charge in [-0.1, -0.05) is 6.92 Å². The Morgan fingerprint density at radius 1 is 1.46 bits per heavy atom. The van der Waals surface area contributed by atoms with Gasteiger partial charge in [0.25, 0.3) is 0 Å². The van der Waals surface area contributed by atoms with E-state index in [2.05, 4.69) is 31.0 Å². The largest absolute Gasteiger partial charge is 0.309 e. The van der Waals surface area contributed by atoms with Crippen LogP contribution in [0.3, 0.4) is 0 Å². The number of hydrogen-bond donors (Lipinski definition) is 1. The Hall–Kier alpha value is -0.0800. The van der Waals surface area contributed by atoms with E-state index in [9.17, 15) is 0 Å². The lowest BCUT2D eigenvalue weighted by molar-refractivity contribution is 0.148.